The van der Waals surface area contributed by atoms with Crippen LogP contribution in [0.3, 0.4) is 0 Å². The second kappa shape index (κ2) is 5.13. The molecule has 2 aromatic carbocycles. The first-order valence-electron chi connectivity index (χ1n) is 6.53. The van der Waals surface area contributed by atoms with Crippen molar-refractivity contribution >= 4 is 11.0 Å². The van der Waals surface area contributed by atoms with Gasteiger partial charge < -0.3 is 29.6 Å². The molecule has 23 heavy (non-hydrogen) atoms. The fourth-order valence-electron chi connectivity index (χ4n) is 2.40. The summed E-state index contributed by atoms with van der Waals surface area (Å²) in [6.07, 6.45) is 0. The Bertz CT molecular complexity index is 958. The molecule has 0 radical (unpaired) electrons. The zero-order chi connectivity index (χ0) is 16.7. The molecule has 0 atom stereocenters. The Morgan fingerprint density at radius 3 is 2.17 bits per heavy atom. The number of methoxy groups -OCH3 is 1. The van der Waals surface area contributed by atoms with Crippen LogP contribution in [0.15, 0.2) is 39.5 Å². The van der Waals surface area contributed by atoms with Gasteiger partial charge in [0.1, 0.15) is 16.7 Å². The van der Waals surface area contributed by atoms with Crippen molar-refractivity contribution < 1.29 is 29.6 Å². The number of rotatable bonds is 2. The molecule has 1 aromatic heterocycles. The standard InChI is InChI=1S/C16H12O7/c1-22-15-13(20)12(19)11(18)9-10(17)8(16(21)23-14(9)15)7-5-3-2-4-6-7/h2-6,17-20H,1H3. The summed E-state index contributed by atoms with van der Waals surface area (Å²) in [6, 6.07) is 8.20. The van der Waals surface area contributed by atoms with E-state index in [1.54, 1.807) is 30.3 Å². The van der Waals surface area contributed by atoms with Gasteiger partial charge in [0.15, 0.2) is 11.3 Å². The van der Waals surface area contributed by atoms with Crippen molar-refractivity contribution in [1.29, 1.82) is 0 Å². The highest BCUT2D eigenvalue weighted by Gasteiger charge is 2.27. The van der Waals surface area contributed by atoms with E-state index in [9.17, 15) is 25.2 Å². The lowest BCUT2D eigenvalue weighted by Gasteiger charge is -2.13. The fourth-order valence-corrected chi connectivity index (χ4v) is 2.40. The van der Waals surface area contributed by atoms with E-state index in [2.05, 4.69) is 0 Å². The number of ether oxygens (including phenoxy) is 1. The molecule has 0 aliphatic rings. The molecule has 0 spiro atoms. The number of phenols is 3. The number of phenolic OH excluding ortho intramolecular Hbond substituents is 3. The van der Waals surface area contributed by atoms with Gasteiger partial charge in [-0.2, -0.15) is 0 Å². The highest BCUT2D eigenvalue weighted by molar-refractivity contribution is 6.01. The first kappa shape index (κ1) is 14.6. The van der Waals surface area contributed by atoms with Crippen LogP contribution in [0.4, 0.5) is 0 Å². The lowest BCUT2D eigenvalue weighted by atomic mass is 10.0. The van der Waals surface area contributed by atoms with Gasteiger partial charge in [0, 0.05) is 0 Å². The zero-order valence-electron chi connectivity index (χ0n) is 11.9. The largest absolute Gasteiger partial charge is 0.506 e. The monoisotopic (exact) mass is 316 g/mol. The molecular formula is C16H12O7. The van der Waals surface area contributed by atoms with E-state index < -0.39 is 28.6 Å². The summed E-state index contributed by atoms with van der Waals surface area (Å²) in [6.45, 7) is 0. The SMILES string of the molecule is COc1c(O)c(O)c(O)c2c(O)c(-c3ccccc3)c(=O)oc12. The number of aromatic hydroxyl groups is 4. The van der Waals surface area contributed by atoms with Crippen LogP contribution >= 0.6 is 0 Å². The Labute approximate surface area is 129 Å². The second-order valence-corrected chi connectivity index (χ2v) is 4.76. The predicted octanol–water partition coefficient (Wildman–Crippen LogP) is 2.29. The molecule has 0 bridgehead atoms. The van der Waals surface area contributed by atoms with E-state index in [0.29, 0.717) is 5.56 Å². The third-order valence-electron chi connectivity index (χ3n) is 3.47. The zero-order valence-corrected chi connectivity index (χ0v) is 11.9. The van der Waals surface area contributed by atoms with Gasteiger partial charge in [0.05, 0.1) is 7.11 Å². The number of hydrogen-bond acceptors (Lipinski definition) is 7. The van der Waals surface area contributed by atoms with Gasteiger partial charge in [-0.15, -0.1) is 0 Å². The topological polar surface area (TPSA) is 120 Å². The molecule has 3 rings (SSSR count). The maximum absolute atomic E-state index is 12.2. The summed E-state index contributed by atoms with van der Waals surface area (Å²) in [7, 11) is 1.17. The highest BCUT2D eigenvalue weighted by atomic mass is 16.5. The molecular weight excluding hydrogens is 304 g/mol. The molecule has 4 N–H and O–H groups in total. The van der Waals surface area contributed by atoms with E-state index in [1.807, 2.05) is 0 Å². The summed E-state index contributed by atoms with van der Waals surface area (Å²) in [4.78, 5) is 12.2. The second-order valence-electron chi connectivity index (χ2n) is 4.76. The normalized spacial score (nSPS) is 10.8. The van der Waals surface area contributed by atoms with E-state index in [1.165, 1.54) is 7.11 Å². The van der Waals surface area contributed by atoms with Crippen LogP contribution in [0.5, 0.6) is 28.7 Å². The van der Waals surface area contributed by atoms with Crippen LogP contribution in [0, 0.1) is 0 Å². The number of fused-ring (bicyclic) bond motifs is 1. The molecule has 1 heterocycles. The third-order valence-corrected chi connectivity index (χ3v) is 3.47. The molecule has 0 fully saturated rings. The third kappa shape index (κ3) is 2.02. The minimum Gasteiger partial charge on any atom is -0.506 e. The summed E-state index contributed by atoms with van der Waals surface area (Å²) in [5.74, 6) is -3.47. The number of benzene rings is 2. The maximum atomic E-state index is 12.2. The van der Waals surface area contributed by atoms with Crippen molar-refractivity contribution in [1.82, 2.24) is 0 Å². The maximum Gasteiger partial charge on any atom is 0.348 e. The molecule has 7 heteroatoms. The van der Waals surface area contributed by atoms with Gasteiger partial charge in [-0.3, -0.25) is 0 Å². The average molecular weight is 316 g/mol. The molecule has 0 unspecified atom stereocenters. The van der Waals surface area contributed by atoms with E-state index in [0.717, 1.165) is 0 Å². The Kier molecular flexibility index (Phi) is 3.25. The van der Waals surface area contributed by atoms with Gasteiger partial charge in [0.2, 0.25) is 17.2 Å². The summed E-state index contributed by atoms with van der Waals surface area (Å²) in [5, 5.41) is 39.6. The van der Waals surface area contributed by atoms with Crippen LogP contribution in [-0.4, -0.2) is 27.5 Å². The Hall–Kier alpha value is -3.35. The van der Waals surface area contributed by atoms with Crippen LogP contribution in [-0.2, 0) is 0 Å². The van der Waals surface area contributed by atoms with Crippen molar-refractivity contribution in [2.24, 2.45) is 0 Å². The Balaban J connectivity index is 2.52. The molecule has 0 saturated heterocycles. The van der Waals surface area contributed by atoms with Gasteiger partial charge >= 0.3 is 5.63 Å². The molecule has 118 valence electrons. The smallest absolute Gasteiger partial charge is 0.348 e. The predicted molar refractivity (Wildman–Crippen MR) is 81.1 cm³/mol. The lowest BCUT2D eigenvalue weighted by molar-refractivity contribution is 0.334. The molecule has 0 amide bonds. The molecule has 0 aliphatic heterocycles. The van der Waals surface area contributed by atoms with E-state index >= 15 is 0 Å². The summed E-state index contributed by atoms with van der Waals surface area (Å²) >= 11 is 0. The van der Waals surface area contributed by atoms with Crippen molar-refractivity contribution in [3.05, 3.63) is 40.8 Å². The Morgan fingerprint density at radius 1 is 0.913 bits per heavy atom. The van der Waals surface area contributed by atoms with Crippen LogP contribution in [0.25, 0.3) is 22.1 Å². The molecule has 7 nitrogen and oxygen atoms in total. The Morgan fingerprint density at radius 2 is 1.57 bits per heavy atom. The van der Waals surface area contributed by atoms with Gasteiger partial charge in [0.25, 0.3) is 0 Å². The molecule has 0 saturated carbocycles. The quantitative estimate of drug-likeness (QED) is 0.423. The van der Waals surface area contributed by atoms with Crippen LogP contribution in [0.2, 0.25) is 0 Å². The van der Waals surface area contributed by atoms with E-state index in [-0.39, 0.29) is 22.3 Å². The molecule has 3 aromatic rings. The lowest BCUT2D eigenvalue weighted by Crippen LogP contribution is -2.04. The van der Waals surface area contributed by atoms with Crippen molar-refractivity contribution in [3.8, 4) is 39.9 Å². The minimum absolute atomic E-state index is 0.180. The van der Waals surface area contributed by atoms with E-state index in [4.69, 9.17) is 9.15 Å². The van der Waals surface area contributed by atoms with Crippen molar-refractivity contribution in [3.63, 3.8) is 0 Å². The highest BCUT2D eigenvalue weighted by Crippen LogP contribution is 2.52. The van der Waals surface area contributed by atoms with Gasteiger partial charge in [-0.25, -0.2) is 4.79 Å². The summed E-state index contributed by atoms with van der Waals surface area (Å²) in [5.41, 5.74) is -1.07. The van der Waals surface area contributed by atoms with Crippen LogP contribution < -0.4 is 10.4 Å². The number of hydrogen-bond donors (Lipinski definition) is 4. The molecule has 0 aliphatic carbocycles. The van der Waals surface area contributed by atoms with Gasteiger partial charge in [-0.1, -0.05) is 30.3 Å². The average Bonchev–Trinajstić information content (AvgIpc) is 2.54. The van der Waals surface area contributed by atoms with Crippen molar-refractivity contribution in [2.75, 3.05) is 7.11 Å². The fraction of sp³-hybridized carbons (Fsp3) is 0.0625. The first-order valence-corrected chi connectivity index (χ1v) is 6.53. The first-order chi connectivity index (χ1) is 11.0. The minimum atomic E-state index is -0.891. The summed E-state index contributed by atoms with van der Waals surface area (Å²) < 4.78 is 9.98. The van der Waals surface area contributed by atoms with Crippen molar-refractivity contribution in [2.45, 2.75) is 0 Å². The van der Waals surface area contributed by atoms with Gasteiger partial charge in [-0.05, 0) is 5.56 Å². The van der Waals surface area contributed by atoms with Crippen LogP contribution in [0.1, 0.15) is 0 Å².